The summed E-state index contributed by atoms with van der Waals surface area (Å²) in [5.41, 5.74) is 1.09. The van der Waals surface area contributed by atoms with E-state index in [4.69, 9.17) is 0 Å². The zero-order valence-corrected chi connectivity index (χ0v) is 16.1. The largest absolute Gasteiger partial charge is 0.465 e. The summed E-state index contributed by atoms with van der Waals surface area (Å²) >= 11 is 1.06. The van der Waals surface area contributed by atoms with Crippen LogP contribution in [-0.4, -0.2) is 46.1 Å². The average molecular weight is 396 g/mol. The van der Waals surface area contributed by atoms with Gasteiger partial charge in [0, 0.05) is 25.8 Å². The van der Waals surface area contributed by atoms with Crippen molar-refractivity contribution in [3.05, 3.63) is 40.8 Å². The summed E-state index contributed by atoms with van der Waals surface area (Å²) in [5.74, 6) is -0.372. The van der Waals surface area contributed by atoms with Crippen LogP contribution in [0, 0.1) is 5.92 Å². The lowest BCUT2D eigenvalue weighted by molar-refractivity contribution is 0.0602. The van der Waals surface area contributed by atoms with Crippen molar-refractivity contribution in [1.29, 1.82) is 0 Å². The van der Waals surface area contributed by atoms with Gasteiger partial charge in [0.1, 0.15) is 9.77 Å². The number of thiophene rings is 1. The van der Waals surface area contributed by atoms with E-state index in [9.17, 15) is 13.2 Å². The molecule has 7 nitrogen and oxygen atoms in total. The Morgan fingerprint density at radius 1 is 1.38 bits per heavy atom. The molecule has 1 fully saturated rings. The maximum atomic E-state index is 12.5. The van der Waals surface area contributed by atoms with Gasteiger partial charge in [-0.2, -0.15) is 0 Å². The number of nitrogens with zero attached hydrogens (tertiary/aromatic N) is 2. The van der Waals surface area contributed by atoms with E-state index in [-0.39, 0.29) is 15.7 Å². The molecule has 1 saturated heterocycles. The fourth-order valence-corrected chi connectivity index (χ4v) is 5.44. The SMILES string of the molecule is COC(=O)c1sccc1S(=O)(=O)NCC1CCN(c2cccnc2)CC1. The Labute approximate surface area is 157 Å². The van der Waals surface area contributed by atoms with Crippen molar-refractivity contribution < 1.29 is 17.9 Å². The molecular weight excluding hydrogens is 374 g/mol. The number of rotatable bonds is 6. The first kappa shape index (κ1) is 18.8. The standard InChI is InChI=1S/C17H21N3O4S2/c1-24-17(21)16-15(6-10-25-16)26(22,23)19-11-13-4-8-20(9-5-13)14-3-2-7-18-12-14/h2-3,6-7,10,12-13,19H,4-5,8-9,11H2,1H3. The van der Waals surface area contributed by atoms with Crippen LogP contribution in [0.3, 0.4) is 0 Å². The fraction of sp³-hybridized carbons (Fsp3) is 0.412. The molecule has 2 aromatic rings. The van der Waals surface area contributed by atoms with Crippen molar-refractivity contribution >= 4 is 33.0 Å². The Morgan fingerprint density at radius 2 is 2.15 bits per heavy atom. The Bertz CT molecular complexity index is 844. The van der Waals surface area contributed by atoms with Crippen LogP contribution < -0.4 is 9.62 Å². The first-order valence-corrected chi connectivity index (χ1v) is 10.7. The lowest BCUT2D eigenvalue weighted by Crippen LogP contribution is -2.38. The third-order valence-corrected chi connectivity index (χ3v) is 6.97. The predicted molar refractivity (Wildman–Crippen MR) is 100 cm³/mol. The van der Waals surface area contributed by atoms with E-state index in [2.05, 4.69) is 19.3 Å². The molecule has 0 atom stereocenters. The van der Waals surface area contributed by atoms with Gasteiger partial charge in [-0.05, 0) is 42.3 Å². The molecule has 2 aromatic heterocycles. The summed E-state index contributed by atoms with van der Waals surface area (Å²) in [6.45, 7) is 2.09. The monoisotopic (exact) mass is 395 g/mol. The zero-order valence-electron chi connectivity index (χ0n) is 14.4. The van der Waals surface area contributed by atoms with E-state index in [1.165, 1.54) is 13.2 Å². The van der Waals surface area contributed by atoms with Crippen molar-refractivity contribution in [3.63, 3.8) is 0 Å². The van der Waals surface area contributed by atoms with Crippen LogP contribution >= 0.6 is 11.3 Å². The molecule has 0 aromatic carbocycles. The second-order valence-electron chi connectivity index (χ2n) is 6.10. The Hall–Kier alpha value is -1.97. The molecule has 26 heavy (non-hydrogen) atoms. The average Bonchev–Trinajstić information content (AvgIpc) is 3.18. The second-order valence-corrected chi connectivity index (χ2v) is 8.75. The first-order chi connectivity index (χ1) is 12.5. The third kappa shape index (κ3) is 4.22. The van der Waals surface area contributed by atoms with Crippen LogP contribution in [0.4, 0.5) is 5.69 Å². The molecule has 1 aliphatic heterocycles. The van der Waals surface area contributed by atoms with E-state index in [1.54, 1.807) is 11.6 Å². The number of nitrogens with one attached hydrogen (secondary N) is 1. The van der Waals surface area contributed by atoms with E-state index < -0.39 is 16.0 Å². The Morgan fingerprint density at radius 3 is 2.81 bits per heavy atom. The molecule has 0 radical (unpaired) electrons. The molecule has 0 aliphatic carbocycles. The van der Waals surface area contributed by atoms with E-state index in [1.807, 2.05) is 18.3 Å². The molecule has 0 amide bonds. The number of carbonyl (C=O) groups excluding carboxylic acids is 1. The number of methoxy groups -OCH3 is 1. The van der Waals surface area contributed by atoms with Crippen molar-refractivity contribution in [3.8, 4) is 0 Å². The summed E-state index contributed by atoms with van der Waals surface area (Å²) in [6, 6.07) is 5.38. The molecule has 3 rings (SSSR count). The van der Waals surface area contributed by atoms with Gasteiger partial charge in [-0.3, -0.25) is 4.98 Å². The minimum atomic E-state index is -3.73. The number of ether oxygens (including phenoxy) is 1. The van der Waals surface area contributed by atoms with Gasteiger partial charge < -0.3 is 9.64 Å². The maximum absolute atomic E-state index is 12.5. The predicted octanol–water partition coefficient (Wildman–Crippen LogP) is 2.12. The van der Waals surface area contributed by atoms with Crippen LogP contribution in [0.1, 0.15) is 22.5 Å². The highest BCUT2D eigenvalue weighted by molar-refractivity contribution is 7.89. The number of sulfonamides is 1. The highest BCUT2D eigenvalue weighted by Gasteiger charge is 2.26. The van der Waals surface area contributed by atoms with Gasteiger partial charge in [-0.1, -0.05) is 0 Å². The van der Waals surface area contributed by atoms with Crippen LogP contribution in [-0.2, 0) is 14.8 Å². The molecule has 3 heterocycles. The smallest absolute Gasteiger partial charge is 0.349 e. The van der Waals surface area contributed by atoms with Crippen LogP contribution in [0.5, 0.6) is 0 Å². The summed E-state index contributed by atoms with van der Waals surface area (Å²) in [4.78, 5) is 18.2. The molecule has 0 bridgehead atoms. The fourth-order valence-electron chi connectivity index (χ4n) is 2.99. The van der Waals surface area contributed by atoms with Gasteiger partial charge >= 0.3 is 5.97 Å². The quantitative estimate of drug-likeness (QED) is 0.754. The maximum Gasteiger partial charge on any atom is 0.349 e. The normalized spacial score (nSPS) is 15.8. The van der Waals surface area contributed by atoms with Gasteiger partial charge in [0.25, 0.3) is 0 Å². The molecule has 0 unspecified atom stereocenters. The summed E-state index contributed by atoms with van der Waals surface area (Å²) in [6.07, 6.45) is 5.38. The number of hydrogen-bond acceptors (Lipinski definition) is 7. The lowest BCUT2D eigenvalue weighted by atomic mass is 9.97. The number of carbonyl (C=O) groups is 1. The van der Waals surface area contributed by atoms with Crippen LogP contribution in [0.2, 0.25) is 0 Å². The van der Waals surface area contributed by atoms with Crippen LogP contribution in [0.15, 0.2) is 40.9 Å². The summed E-state index contributed by atoms with van der Waals surface area (Å²) in [7, 11) is -2.49. The van der Waals surface area contributed by atoms with Gasteiger partial charge in [0.05, 0.1) is 19.0 Å². The Balaban J connectivity index is 1.56. The number of anilines is 1. The molecule has 0 spiro atoms. The number of hydrogen-bond donors (Lipinski definition) is 1. The number of esters is 1. The minimum Gasteiger partial charge on any atom is -0.465 e. The van der Waals surface area contributed by atoms with Crippen molar-refractivity contribution in [2.45, 2.75) is 17.7 Å². The Kier molecular flexibility index (Phi) is 5.90. The highest BCUT2D eigenvalue weighted by Crippen LogP contribution is 2.25. The summed E-state index contributed by atoms with van der Waals surface area (Å²) < 4.78 is 32.4. The minimum absolute atomic E-state index is 0.0119. The third-order valence-electron chi connectivity index (χ3n) is 4.48. The second kappa shape index (κ2) is 8.15. The number of aromatic nitrogens is 1. The number of piperidine rings is 1. The first-order valence-electron chi connectivity index (χ1n) is 8.31. The van der Waals surface area contributed by atoms with Crippen molar-refractivity contribution in [1.82, 2.24) is 9.71 Å². The molecule has 140 valence electrons. The van der Waals surface area contributed by atoms with Gasteiger partial charge in [0.2, 0.25) is 10.0 Å². The summed E-state index contributed by atoms with van der Waals surface area (Å²) in [5, 5.41) is 1.58. The van der Waals surface area contributed by atoms with Crippen molar-refractivity contribution in [2.75, 3.05) is 31.6 Å². The van der Waals surface area contributed by atoms with Crippen molar-refractivity contribution in [2.24, 2.45) is 5.92 Å². The zero-order chi connectivity index (χ0) is 18.6. The lowest BCUT2D eigenvalue weighted by Gasteiger charge is -2.33. The van der Waals surface area contributed by atoms with E-state index in [0.717, 1.165) is 43.0 Å². The van der Waals surface area contributed by atoms with Gasteiger partial charge in [-0.15, -0.1) is 11.3 Å². The van der Waals surface area contributed by atoms with E-state index in [0.29, 0.717) is 6.54 Å². The van der Waals surface area contributed by atoms with Gasteiger partial charge in [-0.25, -0.2) is 17.9 Å². The molecular formula is C17H21N3O4S2. The molecule has 9 heteroatoms. The molecule has 0 saturated carbocycles. The van der Waals surface area contributed by atoms with Gasteiger partial charge in [0.15, 0.2) is 0 Å². The molecule has 1 N–H and O–H groups in total. The topological polar surface area (TPSA) is 88.6 Å². The highest BCUT2D eigenvalue weighted by atomic mass is 32.2. The van der Waals surface area contributed by atoms with Crippen LogP contribution in [0.25, 0.3) is 0 Å². The van der Waals surface area contributed by atoms with E-state index >= 15 is 0 Å². The number of pyridine rings is 1. The molecule has 1 aliphatic rings.